The third-order valence-corrected chi connectivity index (χ3v) is 5.52. The van der Waals surface area contributed by atoms with Crippen molar-refractivity contribution in [1.29, 1.82) is 0 Å². The molecule has 0 radical (unpaired) electrons. The number of pyridine rings is 1. The molecular weight excluding hydrogens is 372 g/mol. The van der Waals surface area contributed by atoms with E-state index in [0.717, 1.165) is 23.7 Å². The van der Waals surface area contributed by atoms with Gasteiger partial charge in [0.1, 0.15) is 5.75 Å². The van der Waals surface area contributed by atoms with E-state index in [2.05, 4.69) is 10.3 Å². The van der Waals surface area contributed by atoms with Crippen LogP contribution in [0.1, 0.15) is 33.6 Å². The minimum absolute atomic E-state index is 0.0404. The molecule has 1 aliphatic carbocycles. The van der Waals surface area contributed by atoms with E-state index < -0.39 is 0 Å². The van der Waals surface area contributed by atoms with Gasteiger partial charge in [-0.2, -0.15) is 0 Å². The molecule has 1 amide bonds. The lowest BCUT2D eigenvalue weighted by molar-refractivity contribution is 0.0951. The molecule has 6 heteroatoms. The van der Waals surface area contributed by atoms with Crippen molar-refractivity contribution < 1.29 is 14.3 Å². The summed E-state index contributed by atoms with van der Waals surface area (Å²) in [7, 11) is 1.55. The molecule has 28 heavy (non-hydrogen) atoms. The number of nitrogens with one attached hydrogen (secondary N) is 1. The molecular formula is C22H20N2O3S. The van der Waals surface area contributed by atoms with Crippen molar-refractivity contribution in [2.75, 3.05) is 12.9 Å². The number of aromatic nitrogens is 1. The number of thioether (sulfide) groups is 1. The van der Waals surface area contributed by atoms with Gasteiger partial charge in [0.2, 0.25) is 0 Å². The van der Waals surface area contributed by atoms with Gasteiger partial charge in [0.05, 0.1) is 34.5 Å². The Bertz CT molecular complexity index is 1050. The van der Waals surface area contributed by atoms with Gasteiger partial charge in [-0.1, -0.05) is 42.1 Å². The maximum absolute atomic E-state index is 12.7. The number of Topliss-reactive ketones (excluding diaryl/α,β-unsaturated/α-hetero) is 1. The van der Waals surface area contributed by atoms with Crippen molar-refractivity contribution in [3.05, 3.63) is 65.7 Å². The number of carbonyl (C=O) groups excluding carboxylic acids is 2. The fraction of sp³-hybridized carbons (Fsp3) is 0.227. The van der Waals surface area contributed by atoms with Gasteiger partial charge in [-0.25, -0.2) is 4.98 Å². The highest BCUT2D eigenvalue weighted by Crippen LogP contribution is 2.27. The Morgan fingerprint density at radius 3 is 2.64 bits per heavy atom. The number of ketones is 1. The van der Waals surface area contributed by atoms with Crippen LogP contribution in [-0.2, 0) is 0 Å². The quantitative estimate of drug-likeness (QED) is 0.484. The Morgan fingerprint density at radius 2 is 1.86 bits per heavy atom. The molecule has 2 aromatic carbocycles. The topological polar surface area (TPSA) is 68.3 Å². The Kier molecular flexibility index (Phi) is 5.30. The van der Waals surface area contributed by atoms with Crippen molar-refractivity contribution in [2.24, 2.45) is 0 Å². The number of hydrogen-bond acceptors (Lipinski definition) is 5. The van der Waals surface area contributed by atoms with Crippen LogP contribution < -0.4 is 10.1 Å². The predicted molar refractivity (Wildman–Crippen MR) is 110 cm³/mol. The second-order valence-corrected chi connectivity index (χ2v) is 7.68. The zero-order chi connectivity index (χ0) is 19.5. The molecule has 1 aromatic heterocycles. The largest absolute Gasteiger partial charge is 0.496 e. The summed E-state index contributed by atoms with van der Waals surface area (Å²) in [6.45, 7) is 0. The van der Waals surface area contributed by atoms with Gasteiger partial charge in [-0.05, 0) is 37.1 Å². The Balaban J connectivity index is 1.58. The lowest BCUT2D eigenvalue weighted by atomic mass is 10.1. The molecule has 142 valence electrons. The van der Waals surface area contributed by atoms with Crippen molar-refractivity contribution in [2.45, 2.75) is 23.9 Å². The second kappa shape index (κ2) is 8.02. The van der Waals surface area contributed by atoms with Crippen molar-refractivity contribution in [1.82, 2.24) is 10.3 Å². The lowest BCUT2D eigenvalue weighted by Crippen LogP contribution is -2.25. The maximum atomic E-state index is 12.7. The van der Waals surface area contributed by atoms with Crippen molar-refractivity contribution >= 4 is 34.4 Å². The van der Waals surface area contributed by atoms with Crippen LogP contribution in [0.15, 0.2) is 59.6 Å². The molecule has 0 bridgehead atoms. The highest BCUT2D eigenvalue weighted by Gasteiger charge is 2.25. The minimum atomic E-state index is -0.0843. The monoisotopic (exact) mass is 392 g/mol. The molecule has 1 aliphatic rings. The van der Waals surface area contributed by atoms with Gasteiger partial charge in [0.25, 0.3) is 5.91 Å². The summed E-state index contributed by atoms with van der Waals surface area (Å²) in [5, 5.41) is 4.51. The van der Waals surface area contributed by atoms with Crippen molar-refractivity contribution in [3.63, 3.8) is 0 Å². The molecule has 3 aromatic rings. The van der Waals surface area contributed by atoms with Crippen LogP contribution in [0.5, 0.6) is 5.75 Å². The number of para-hydroxylation sites is 2. The third-order valence-electron chi connectivity index (χ3n) is 4.61. The van der Waals surface area contributed by atoms with E-state index in [0.29, 0.717) is 21.9 Å². The van der Waals surface area contributed by atoms with Crippen LogP contribution in [0.3, 0.4) is 0 Å². The second-order valence-electron chi connectivity index (χ2n) is 6.69. The molecule has 0 unspecified atom stereocenters. The fourth-order valence-electron chi connectivity index (χ4n) is 3.00. The molecule has 0 saturated heterocycles. The van der Waals surface area contributed by atoms with Crippen LogP contribution >= 0.6 is 11.8 Å². The average Bonchev–Trinajstić information content (AvgIpc) is 3.55. The first-order chi connectivity index (χ1) is 13.7. The van der Waals surface area contributed by atoms with Crippen LogP contribution in [-0.4, -0.2) is 35.6 Å². The molecule has 1 fully saturated rings. The summed E-state index contributed by atoms with van der Waals surface area (Å²) in [5.74, 6) is 0.652. The number of fused-ring (bicyclic) bond motifs is 1. The fourth-order valence-corrected chi connectivity index (χ4v) is 3.79. The number of hydrogen-bond donors (Lipinski definition) is 1. The van der Waals surface area contributed by atoms with E-state index in [1.54, 1.807) is 25.3 Å². The number of ether oxygens (including phenoxy) is 1. The van der Waals surface area contributed by atoms with Crippen LogP contribution in [0.4, 0.5) is 0 Å². The molecule has 1 saturated carbocycles. The smallest absolute Gasteiger partial charge is 0.252 e. The molecule has 4 rings (SSSR count). The van der Waals surface area contributed by atoms with E-state index >= 15 is 0 Å². The number of benzene rings is 2. The molecule has 1 N–H and O–H groups in total. The highest BCUT2D eigenvalue weighted by molar-refractivity contribution is 7.99. The first-order valence-corrected chi connectivity index (χ1v) is 10.1. The number of rotatable bonds is 7. The Hall–Kier alpha value is -2.86. The van der Waals surface area contributed by atoms with Gasteiger partial charge in [0, 0.05) is 11.4 Å². The third kappa shape index (κ3) is 4.02. The van der Waals surface area contributed by atoms with Gasteiger partial charge in [-0.3, -0.25) is 9.59 Å². The molecule has 0 atom stereocenters. The first-order valence-electron chi connectivity index (χ1n) is 9.15. The van der Waals surface area contributed by atoms with Crippen LogP contribution in [0.25, 0.3) is 10.9 Å². The number of methoxy groups -OCH3 is 1. The number of carbonyl (C=O) groups is 2. The average molecular weight is 392 g/mol. The van der Waals surface area contributed by atoms with Gasteiger partial charge in [0.15, 0.2) is 5.78 Å². The van der Waals surface area contributed by atoms with Crippen molar-refractivity contribution in [3.8, 4) is 5.75 Å². The minimum Gasteiger partial charge on any atom is -0.496 e. The first kappa shape index (κ1) is 18.5. The summed E-state index contributed by atoms with van der Waals surface area (Å²) in [4.78, 5) is 29.9. The van der Waals surface area contributed by atoms with E-state index in [9.17, 15) is 9.59 Å². The highest BCUT2D eigenvalue weighted by atomic mass is 32.2. The van der Waals surface area contributed by atoms with Gasteiger partial charge >= 0.3 is 0 Å². The molecule has 1 heterocycles. The molecule has 0 aliphatic heterocycles. The van der Waals surface area contributed by atoms with Crippen LogP contribution in [0.2, 0.25) is 0 Å². The van der Waals surface area contributed by atoms with Gasteiger partial charge < -0.3 is 10.1 Å². The van der Waals surface area contributed by atoms with E-state index in [1.165, 1.54) is 11.8 Å². The van der Waals surface area contributed by atoms with E-state index in [4.69, 9.17) is 4.74 Å². The van der Waals surface area contributed by atoms with E-state index in [1.807, 2.05) is 36.4 Å². The molecule has 0 spiro atoms. The summed E-state index contributed by atoms with van der Waals surface area (Å²) in [5.41, 5.74) is 1.90. The SMILES string of the molecule is COc1ccccc1C(=O)CSc1cc(C(=O)NC2CC2)c2ccccc2n1. The lowest BCUT2D eigenvalue weighted by Gasteiger charge is -2.10. The van der Waals surface area contributed by atoms with Crippen LogP contribution in [0, 0.1) is 0 Å². The zero-order valence-corrected chi connectivity index (χ0v) is 16.3. The summed E-state index contributed by atoms with van der Waals surface area (Å²) in [6.07, 6.45) is 2.06. The summed E-state index contributed by atoms with van der Waals surface area (Å²) >= 11 is 1.33. The molecule has 5 nitrogen and oxygen atoms in total. The standard InChI is InChI=1S/C22H20N2O3S/c1-27-20-9-5-3-7-16(20)19(25)13-28-21-12-17(22(26)23-14-10-11-14)15-6-2-4-8-18(15)24-21/h2-9,12,14H,10-11,13H2,1H3,(H,23,26). The number of nitrogens with zero attached hydrogens (tertiary/aromatic N) is 1. The number of amides is 1. The maximum Gasteiger partial charge on any atom is 0.252 e. The zero-order valence-electron chi connectivity index (χ0n) is 15.5. The summed E-state index contributed by atoms with van der Waals surface area (Å²) < 4.78 is 5.27. The normalized spacial score (nSPS) is 13.3. The summed E-state index contributed by atoms with van der Waals surface area (Å²) in [6, 6.07) is 16.8. The Labute approximate surface area is 167 Å². The predicted octanol–water partition coefficient (Wildman–Crippen LogP) is 4.11. The van der Waals surface area contributed by atoms with E-state index in [-0.39, 0.29) is 23.5 Å². The van der Waals surface area contributed by atoms with Gasteiger partial charge in [-0.15, -0.1) is 0 Å². The Morgan fingerprint density at radius 1 is 1.11 bits per heavy atom.